The van der Waals surface area contributed by atoms with E-state index in [1.165, 1.54) is 20.2 Å². The van der Waals surface area contributed by atoms with Crippen LogP contribution in [0.1, 0.15) is 45.7 Å². The van der Waals surface area contributed by atoms with Crippen LogP contribution in [0.2, 0.25) is 0 Å². The summed E-state index contributed by atoms with van der Waals surface area (Å²) >= 11 is 0. The van der Waals surface area contributed by atoms with E-state index < -0.39 is 72.1 Å². The molecular formula is C36H46N4O14. The first-order valence-electron chi connectivity index (χ1n) is 16.9. The fourth-order valence-corrected chi connectivity index (χ4v) is 5.40. The Bertz CT molecular complexity index is 1810. The van der Waals surface area contributed by atoms with Crippen LogP contribution in [0.4, 0.5) is 5.69 Å². The summed E-state index contributed by atoms with van der Waals surface area (Å²) in [6, 6.07) is 11.3. The maximum absolute atomic E-state index is 13.3. The second kappa shape index (κ2) is 18.9. The van der Waals surface area contributed by atoms with Crippen LogP contribution in [-0.4, -0.2) is 120 Å². The van der Waals surface area contributed by atoms with Gasteiger partial charge >= 0.3 is 11.9 Å². The number of nitrogens with two attached hydrogens (primary N) is 1. The van der Waals surface area contributed by atoms with Crippen LogP contribution in [0, 0.1) is 0 Å². The highest BCUT2D eigenvalue weighted by Crippen LogP contribution is 2.46. The van der Waals surface area contributed by atoms with Crippen molar-refractivity contribution in [3.05, 3.63) is 64.7 Å². The molecule has 0 radical (unpaired) electrons. The van der Waals surface area contributed by atoms with Gasteiger partial charge in [0.05, 0.1) is 25.0 Å². The molecule has 0 amide bonds. The van der Waals surface area contributed by atoms with Crippen LogP contribution in [0.3, 0.4) is 0 Å². The number of carboxylic acids is 1. The minimum Gasteiger partial charge on any atom is -0.504 e. The number of carbonyl (C=O) groups excluding carboxylic acids is 1. The number of nitrogens with zero attached hydrogens (tertiary/aromatic N) is 1. The smallest absolute Gasteiger partial charge is 0.342 e. The van der Waals surface area contributed by atoms with Gasteiger partial charge in [-0.15, -0.1) is 0 Å². The highest BCUT2D eigenvalue weighted by molar-refractivity contribution is 5.96. The lowest BCUT2D eigenvalue weighted by Crippen LogP contribution is -2.60. The van der Waals surface area contributed by atoms with Gasteiger partial charge < -0.3 is 75.4 Å². The molecule has 1 heterocycles. The number of benzene rings is 3. The number of nitrogens with one attached hydrogen (secondary N) is 2. The molecule has 5 atom stereocenters. The molecule has 1 aliphatic rings. The Balaban J connectivity index is 1.52. The normalized spacial score (nSPS) is 19.8. The zero-order chi connectivity index (χ0) is 39.5. The second-order valence-corrected chi connectivity index (χ2v) is 11.9. The van der Waals surface area contributed by atoms with Crippen molar-refractivity contribution < 1.29 is 68.6 Å². The standard InChI is InChI=1S/C36H46N4O14/c1-5-18-8-7-9-19(12-18)10-11-50-32-27(41)21(14-25(49-4)29(32)43)34(48)51-16-26-28(42)30(44)31(45)35(54-26)53-24-15-22(39-6-2)20(33(46)47)13-23(24)52-17-40-36(37)38-3/h7-9,12-15,26,28,30-31,35,39,41-45H,5-6,10-11,16-17H2,1-4H3,(H,46,47)(H3,37,38,40)/t26-,28-,30+,31-,35-/m1/s1. The average Bonchev–Trinajstić information content (AvgIpc) is 3.16. The van der Waals surface area contributed by atoms with Crippen molar-refractivity contribution in [2.24, 2.45) is 10.7 Å². The SMILES string of the molecule is CCNc1cc(O[C@@H]2O[C@H](COC(=O)c3cc(OC)c(O)c(OCCc4cccc(CC)c4)c3O)[C@@H](O)[C@H](O)[C@H]2O)c(OCNC(N)=NC)cc1C(=O)O. The number of carboxylic acid groups (broad SMARTS) is 1. The number of guanidine groups is 1. The van der Waals surface area contributed by atoms with Crippen molar-refractivity contribution in [1.82, 2.24) is 5.32 Å². The summed E-state index contributed by atoms with van der Waals surface area (Å²) in [7, 11) is 2.67. The van der Waals surface area contributed by atoms with E-state index in [-0.39, 0.29) is 47.8 Å². The fourth-order valence-electron chi connectivity index (χ4n) is 5.40. The molecule has 0 unspecified atom stereocenters. The summed E-state index contributed by atoms with van der Waals surface area (Å²) in [6.45, 7) is 3.12. The third-order valence-electron chi connectivity index (χ3n) is 8.36. The zero-order valence-corrected chi connectivity index (χ0v) is 30.1. The summed E-state index contributed by atoms with van der Waals surface area (Å²) in [5, 5.41) is 69.2. The Hall–Kier alpha value is -5.69. The lowest BCUT2D eigenvalue weighted by molar-refractivity contribution is -0.277. The number of phenols is 2. The number of aromatic carboxylic acids is 1. The van der Waals surface area contributed by atoms with Crippen LogP contribution in [-0.2, 0) is 22.3 Å². The zero-order valence-electron chi connectivity index (χ0n) is 30.1. The van der Waals surface area contributed by atoms with Crippen molar-refractivity contribution in [3.63, 3.8) is 0 Å². The molecule has 54 heavy (non-hydrogen) atoms. The number of aliphatic hydroxyl groups excluding tert-OH is 3. The predicted molar refractivity (Wildman–Crippen MR) is 193 cm³/mol. The second-order valence-electron chi connectivity index (χ2n) is 11.9. The number of rotatable bonds is 17. The molecular weight excluding hydrogens is 712 g/mol. The minimum absolute atomic E-state index is 0.0251. The number of ether oxygens (including phenoxy) is 6. The molecule has 0 aromatic heterocycles. The predicted octanol–water partition coefficient (Wildman–Crippen LogP) is 1.33. The number of esters is 1. The monoisotopic (exact) mass is 758 g/mol. The molecule has 3 aromatic carbocycles. The van der Waals surface area contributed by atoms with Gasteiger partial charge in [-0.25, -0.2) is 9.59 Å². The van der Waals surface area contributed by atoms with Crippen molar-refractivity contribution in [1.29, 1.82) is 0 Å². The van der Waals surface area contributed by atoms with E-state index in [4.69, 9.17) is 34.2 Å². The van der Waals surface area contributed by atoms with Gasteiger partial charge in [0, 0.05) is 38.2 Å². The molecule has 0 spiro atoms. The topological polar surface area (TPSA) is 273 Å². The number of hydrogen-bond donors (Lipinski definition) is 9. The maximum atomic E-state index is 13.3. The molecule has 0 bridgehead atoms. The first-order valence-corrected chi connectivity index (χ1v) is 16.9. The van der Waals surface area contributed by atoms with Gasteiger partial charge in [-0.2, -0.15) is 0 Å². The van der Waals surface area contributed by atoms with Crippen LogP contribution in [0.25, 0.3) is 0 Å². The molecule has 0 saturated carbocycles. The highest BCUT2D eigenvalue weighted by atomic mass is 16.7. The Morgan fingerprint density at radius 2 is 1.65 bits per heavy atom. The number of aliphatic imine (C=N–C) groups is 1. The number of phenolic OH excluding ortho intramolecular Hbond substituents is 2. The molecule has 1 fully saturated rings. The Kier molecular flexibility index (Phi) is 14.4. The number of aromatic hydroxyl groups is 2. The van der Waals surface area contributed by atoms with Crippen LogP contribution < -0.4 is 35.3 Å². The van der Waals surface area contributed by atoms with Crippen molar-refractivity contribution in [2.45, 2.75) is 57.4 Å². The lowest BCUT2D eigenvalue weighted by atomic mass is 9.99. The van der Waals surface area contributed by atoms with Crippen LogP contribution in [0.5, 0.6) is 34.5 Å². The fraction of sp³-hybridized carbons (Fsp3) is 0.417. The third-order valence-corrected chi connectivity index (χ3v) is 8.36. The van der Waals surface area contributed by atoms with Gasteiger partial charge in [0.15, 0.2) is 35.7 Å². The largest absolute Gasteiger partial charge is 0.504 e. The van der Waals surface area contributed by atoms with Gasteiger partial charge in [-0.05, 0) is 24.5 Å². The van der Waals surface area contributed by atoms with Gasteiger partial charge in [-0.3, -0.25) is 4.99 Å². The van der Waals surface area contributed by atoms with Gasteiger partial charge in [0.1, 0.15) is 36.6 Å². The van der Waals surface area contributed by atoms with E-state index >= 15 is 0 Å². The van der Waals surface area contributed by atoms with E-state index in [2.05, 4.69) is 15.6 Å². The van der Waals surface area contributed by atoms with E-state index in [0.717, 1.165) is 29.7 Å². The number of methoxy groups -OCH3 is 1. The van der Waals surface area contributed by atoms with Crippen molar-refractivity contribution in [2.75, 3.05) is 46.0 Å². The Labute approximate surface area is 310 Å². The molecule has 1 aliphatic heterocycles. The van der Waals surface area contributed by atoms with E-state index in [0.29, 0.717) is 13.0 Å². The molecule has 3 aromatic rings. The molecule has 18 nitrogen and oxygen atoms in total. The van der Waals surface area contributed by atoms with E-state index in [1.54, 1.807) is 6.92 Å². The Morgan fingerprint density at radius 1 is 0.926 bits per heavy atom. The van der Waals surface area contributed by atoms with Crippen LogP contribution >= 0.6 is 0 Å². The molecule has 10 N–H and O–H groups in total. The summed E-state index contributed by atoms with van der Waals surface area (Å²) in [5.41, 5.74) is 7.23. The average molecular weight is 759 g/mol. The molecule has 1 saturated heterocycles. The highest BCUT2D eigenvalue weighted by Gasteiger charge is 2.46. The summed E-state index contributed by atoms with van der Waals surface area (Å²) < 4.78 is 33.5. The van der Waals surface area contributed by atoms with Gasteiger partial charge in [0.25, 0.3) is 0 Å². The molecule has 18 heteroatoms. The lowest BCUT2D eigenvalue weighted by Gasteiger charge is -2.40. The number of anilines is 1. The molecule has 294 valence electrons. The summed E-state index contributed by atoms with van der Waals surface area (Å²) in [5.74, 6) is -4.58. The minimum atomic E-state index is -1.87. The van der Waals surface area contributed by atoms with Crippen molar-refractivity contribution >= 4 is 23.6 Å². The maximum Gasteiger partial charge on any atom is 0.342 e. The number of carbonyl (C=O) groups is 2. The van der Waals surface area contributed by atoms with Crippen LogP contribution in [0.15, 0.2) is 47.5 Å². The quantitative estimate of drug-likeness (QED) is 0.0407. The van der Waals surface area contributed by atoms with Crippen molar-refractivity contribution in [3.8, 4) is 34.5 Å². The number of aryl methyl sites for hydroxylation is 1. The Morgan fingerprint density at radius 3 is 2.31 bits per heavy atom. The third kappa shape index (κ3) is 9.84. The van der Waals surface area contributed by atoms with E-state index in [1.807, 2.05) is 31.2 Å². The number of aliphatic hydroxyl groups is 3. The summed E-state index contributed by atoms with van der Waals surface area (Å²) in [6.07, 6.45) is -7.45. The first-order chi connectivity index (χ1) is 25.8. The van der Waals surface area contributed by atoms with E-state index in [9.17, 15) is 40.2 Å². The summed E-state index contributed by atoms with van der Waals surface area (Å²) in [4.78, 5) is 29.0. The first kappa shape index (κ1) is 41.1. The van der Waals surface area contributed by atoms with Gasteiger partial charge in [-0.1, -0.05) is 31.2 Å². The molecule has 0 aliphatic carbocycles. The molecule has 4 rings (SSSR count). The number of hydrogen-bond acceptors (Lipinski definition) is 15. The van der Waals surface area contributed by atoms with Gasteiger partial charge in [0.2, 0.25) is 17.8 Å².